The van der Waals surface area contributed by atoms with Gasteiger partial charge >= 0.3 is 12.1 Å². The highest BCUT2D eigenvalue weighted by atomic mass is 19.4. The third kappa shape index (κ3) is 7.40. The van der Waals surface area contributed by atoms with Gasteiger partial charge in [0.2, 0.25) is 0 Å². The van der Waals surface area contributed by atoms with E-state index < -0.39 is 23.3 Å². The van der Waals surface area contributed by atoms with E-state index in [0.29, 0.717) is 42.6 Å². The molecule has 47 heavy (non-hydrogen) atoms. The van der Waals surface area contributed by atoms with Crippen LogP contribution in [0.1, 0.15) is 84.2 Å². The predicted octanol–water partition coefficient (Wildman–Crippen LogP) is 10.0. The summed E-state index contributed by atoms with van der Waals surface area (Å²) in [4.78, 5) is 13.8. The largest absolute Gasteiger partial charge is 0.512 e. The zero-order chi connectivity index (χ0) is 33.0. The molecule has 1 aliphatic carbocycles. The number of fused-ring (bicyclic) bond motifs is 1. The Morgan fingerprint density at radius 1 is 0.872 bits per heavy atom. The molecule has 0 bridgehead atoms. The molecule has 2 aliphatic rings. The number of esters is 1. The average molecular weight is 641 g/mol. The summed E-state index contributed by atoms with van der Waals surface area (Å²) in [5.41, 5.74) is 4.03. The summed E-state index contributed by atoms with van der Waals surface area (Å²) in [5.74, 6) is 0.104. The maximum atomic E-state index is 13.8. The Morgan fingerprint density at radius 2 is 1.57 bits per heavy atom. The van der Waals surface area contributed by atoms with Gasteiger partial charge in [-0.2, -0.15) is 13.2 Å². The lowest BCUT2D eigenvalue weighted by Crippen LogP contribution is -2.42. The Hall–Kier alpha value is -4.52. The van der Waals surface area contributed by atoms with Gasteiger partial charge in [0.1, 0.15) is 23.7 Å². The maximum absolute atomic E-state index is 13.8. The third-order valence-electron chi connectivity index (χ3n) is 9.55. The van der Waals surface area contributed by atoms with E-state index in [2.05, 4.69) is 25.1 Å². The molecule has 3 atom stereocenters. The van der Waals surface area contributed by atoms with Crippen LogP contribution in [0.2, 0.25) is 0 Å². The maximum Gasteiger partial charge on any atom is 0.416 e. The first-order valence-corrected chi connectivity index (χ1v) is 16.3. The number of rotatable bonds is 10. The fourth-order valence-electron chi connectivity index (χ4n) is 7.17. The van der Waals surface area contributed by atoms with Crippen LogP contribution in [-0.2, 0) is 35.2 Å². The lowest BCUT2D eigenvalue weighted by atomic mass is 9.70. The van der Waals surface area contributed by atoms with Crippen molar-refractivity contribution < 1.29 is 32.5 Å². The fraction of sp³-hybridized carbons (Fsp3) is 0.325. The van der Waals surface area contributed by atoms with Crippen LogP contribution in [0.5, 0.6) is 5.75 Å². The second-order valence-corrected chi connectivity index (χ2v) is 12.8. The number of ether oxygens (including phenoxy) is 2. The molecule has 6 rings (SSSR count). The first-order chi connectivity index (χ1) is 22.6. The minimum Gasteiger partial charge on any atom is -0.512 e. The lowest BCUT2D eigenvalue weighted by Gasteiger charge is -2.40. The molecule has 3 unspecified atom stereocenters. The van der Waals surface area contributed by atoms with Crippen molar-refractivity contribution in [2.45, 2.75) is 82.1 Å². The number of aliphatic hydroxyl groups is 1. The van der Waals surface area contributed by atoms with Crippen LogP contribution in [0.3, 0.4) is 0 Å². The number of cyclic esters (lactones) is 1. The molecule has 1 aliphatic heterocycles. The second-order valence-electron chi connectivity index (χ2n) is 12.8. The van der Waals surface area contributed by atoms with E-state index in [-0.39, 0.29) is 24.2 Å². The molecular weight excluding hydrogens is 601 g/mol. The van der Waals surface area contributed by atoms with Gasteiger partial charge in [0.25, 0.3) is 0 Å². The Labute approximate surface area is 273 Å². The van der Waals surface area contributed by atoms with Crippen LogP contribution in [0.15, 0.2) is 114 Å². The molecule has 4 aromatic rings. The van der Waals surface area contributed by atoms with Crippen LogP contribution >= 0.6 is 0 Å². The van der Waals surface area contributed by atoms with Gasteiger partial charge in [0.05, 0.1) is 11.1 Å². The van der Waals surface area contributed by atoms with Gasteiger partial charge < -0.3 is 14.6 Å². The molecule has 7 heteroatoms. The molecule has 0 fully saturated rings. The van der Waals surface area contributed by atoms with E-state index in [9.17, 15) is 23.1 Å². The summed E-state index contributed by atoms with van der Waals surface area (Å²) in [6.45, 7) is 2.22. The van der Waals surface area contributed by atoms with Crippen molar-refractivity contribution in [2.24, 2.45) is 0 Å². The first kappa shape index (κ1) is 32.4. The van der Waals surface area contributed by atoms with Crippen LogP contribution in [0.25, 0.3) is 0 Å². The fourth-order valence-corrected chi connectivity index (χ4v) is 7.17. The standard InChI is InChI=1S/C40H39F3O4/c1-2-21-39(22-20-27-8-4-3-5-9-27)25-36(44)37(38(45)47-39)35-24-31(23-30-10-6-7-11-34(30)35)29-14-18-33(19-15-29)46-26-28-12-16-32(17-13-28)40(41,42)43/h3-19,31,35,44H,2,20-26H2,1H3. The molecule has 4 aromatic carbocycles. The normalized spacial score (nSPS) is 21.2. The number of benzene rings is 4. The number of aryl methyl sites for hydroxylation is 1. The first-order valence-electron chi connectivity index (χ1n) is 16.3. The molecule has 0 spiro atoms. The van der Waals surface area contributed by atoms with Gasteiger partial charge in [0.15, 0.2) is 0 Å². The Morgan fingerprint density at radius 3 is 2.26 bits per heavy atom. The van der Waals surface area contributed by atoms with E-state index in [4.69, 9.17) is 9.47 Å². The number of hydrogen-bond acceptors (Lipinski definition) is 4. The van der Waals surface area contributed by atoms with Gasteiger partial charge in [-0.25, -0.2) is 4.79 Å². The zero-order valence-electron chi connectivity index (χ0n) is 26.4. The summed E-state index contributed by atoms with van der Waals surface area (Å²) in [6.07, 6.45) is 0.287. The summed E-state index contributed by atoms with van der Waals surface area (Å²) < 4.78 is 50.8. The topological polar surface area (TPSA) is 55.8 Å². The summed E-state index contributed by atoms with van der Waals surface area (Å²) in [7, 11) is 0. The quantitative estimate of drug-likeness (QED) is 0.175. The van der Waals surface area contributed by atoms with Crippen LogP contribution < -0.4 is 4.74 Å². The smallest absolute Gasteiger partial charge is 0.416 e. The van der Waals surface area contributed by atoms with Crippen LogP contribution in [0, 0.1) is 0 Å². The van der Waals surface area contributed by atoms with E-state index in [0.717, 1.165) is 48.1 Å². The average Bonchev–Trinajstić information content (AvgIpc) is 3.07. The molecule has 0 amide bonds. The van der Waals surface area contributed by atoms with Gasteiger partial charge in [-0.15, -0.1) is 0 Å². The molecule has 4 nitrogen and oxygen atoms in total. The number of hydrogen-bond donors (Lipinski definition) is 1. The van der Waals surface area contributed by atoms with Crippen molar-refractivity contribution in [3.63, 3.8) is 0 Å². The summed E-state index contributed by atoms with van der Waals surface area (Å²) in [6, 6.07) is 30.9. The Bertz CT molecular complexity index is 1710. The highest BCUT2D eigenvalue weighted by Gasteiger charge is 2.45. The Balaban J connectivity index is 1.19. The molecule has 0 saturated carbocycles. The summed E-state index contributed by atoms with van der Waals surface area (Å²) in [5, 5.41) is 11.6. The van der Waals surface area contributed by atoms with Crippen molar-refractivity contribution in [2.75, 3.05) is 0 Å². The number of halogens is 3. The highest BCUT2D eigenvalue weighted by Crippen LogP contribution is 2.48. The van der Waals surface area contributed by atoms with E-state index in [1.165, 1.54) is 17.7 Å². The van der Waals surface area contributed by atoms with Crippen LogP contribution in [-0.4, -0.2) is 16.7 Å². The Kier molecular flexibility index (Phi) is 9.44. The van der Waals surface area contributed by atoms with Crippen molar-refractivity contribution in [1.29, 1.82) is 0 Å². The van der Waals surface area contributed by atoms with Gasteiger partial charge in [-0.05, 0) is 90.1 Å². The monoisotopic (exact) mass is 640 g/mol. The minimum atomic E-state index is -4.37. The SMILES string of the molecule is CCCC1(CCc2ccccc2)CC(O)=C(C2CC(c3ccc(OCc4ccc(C(F)(F)F)cc4)cc3)Cc3ccccc32)C(=O)O1. The van der Waals surface area contributed by atoms with Crippen molar-refractivity contribution in [1.82, 2.24) is 0 Å². The number of carbonyl (C=O) groups excluding carboxylic acids is 1. The lowest BCUT2D eigenvalue weighted by molar-refractivity contribution is -0.161. The van der Waals surface area contributed by atoms with Crippen molar-refractivity contribution >= 4 is 5.97 Å². The van der Waals surface area contributed by atoms with Crippen LogP contribution in [0.4, 0.5) is 13.2 Å². The molecule has 1 heterocycles. The van der Waals surface area contributed by atoms with Gasteiger partial charge in [0, 0.05) is 12.3 Å². The van der Waals surface area contributed by atoms with Gasteiger partial charge in [-0.1, -0.05) is 92.2 Å². The molecule has 0 aromatic heterocycles. The van der Waals surface area contributed by atoms with Crippen molar-refractivity contribution in [3.05, 3.63) is 148 Å². The van der Waals surface area contributed by atoms with E-state index >= 15 is 0 Å². The second kappa shape index (κ2) is 13.7. The predicted molar refractivity (Wildman–Crippen MR) is 175 cm³/mol. The third-order valence-corrected chi connectivity index (χ3v) is 9.55. The number of alkyl halides is 3. The summed E-state index contributed by atoms with van der Waals surface area (Å²) >= 11 is 0. The van der Waals surface area contributed by atoms with Crippen molar-refractivity contribution in [3.8, 4) is 5.75 Å². The minimum absolute atomic E-state index is 0.0902. The number of aliphatic hydroxyl groups excluding tert-OH is 1. The van der Waals surface area contributed by atoms with Gasteiger partial charge in [-0.3, -0.25) is 0 Å². The number of carbonyl (C=O) groups is 1. The van der Waals surface area contributed by atoms with E-state index in [1.54, 1.807) is 0 Å². The van der Waals surface area contributed by atoms with E-state index in [1.807, 2.05) is 60.7 Å². The highest BCUT2D eigenvalue weighted by molar-refractivity contribution is 5.92. The molecule has 1 N–H and O–H groups in total. The molecule has 0 saturated heterocycles. The molecular formula is C40H39F3O4. The molecule has 244 valence electrons. The molecule has 0 radical (unpaired) electrons. The zero-order valence-corrected chi connectivity index (χ0v) is 26.4.